The zero-order valence-electron chi connectivity index (χ0n) is 4.52. The first-order chi connectivity index (χ1) is 3.29. The molecule has 0 aromatic carbocycles. The number of hydrogen-bond donors (Lipinski definition) is 2. The molecule has 0 saturated carbocycles. The fraction of sp³-hybridized carbons (Fsp3) is 0.333. The van der Waals surface area contributed by atoms with Crippen molar-refractivity contribution in [2.75, 3.05) is 6.54 Å². The first-order valence-corrected chi connectivity index (χ1v) is 2.27. The van der Waals surface area contributed by atoms with Gasteiger partial charge in [0.1, 0.15) is 0 Å². The molecule has 5 heteroatoms. The number of hydrogen-bond acceptors (Lipinski definition) is 2. The van der Waals surface area contributed by atoms with Gasteiger partial charge >= 0.3 is 0 Å². The number of carbonyl (C=O) groups excluding carboxylic acids is 1. The van der Waals surface area contributed by atoms with E-state index in [0.29, 0.717) is 11.7 Å². The van der Waals surface area contributed by atoms with Crippen LogP contribution in [0.3, 0.4) is 0 Å². The molecule has 1 aliphatic heterocycles. The van der Waals surface area contributed by atoms with Crippen LogP contribution in [0.1, 0.15) is 0 Å². The molecule has 0 aliphatic carbocycles. The molecule has 0 unspecified atom stereocenters. The van der Waals surface area contributed by atoms with Gasteiger partial charge in [0, 0.05) is 29.6 Å². The number of carbonyl (C=O) groups is 1. The minimum Gasteiger partial charge on any atom is -0.353 e. The van der Waals surface area contributed by atoms with Crippen molar-refractivity contribution in [2.24, 2.45) is 0 Å². The molecule has 0 spiro atoms. The van der Waals surface area contributed by atoms with E-state index in [1.54, 1.807) is 0 Å². The Kier molecular flexibility index (Phi) is 3.55. The van der Waals surface area contributed by atoms with Crippen LogP contribution in [0.25, 0.3) is 0 Å². The van der Waals surface area contributed by atoms with E-state index in [1.165, 1.54) is 0 Å². The summed E-state index contributed by atoms with van der Waals surface area (Å²) in [5.74, 6) is -0.0509. The van der Waals surface area contributed by atoms with Crippen molar-refractivity contribution in [3.8, 4) is 0 Å². The monoisotopic (exact) mass is 139 g/mol. The van der Waals surface area contributed by atoms with E-state index in [-0.39, 0.29) is 35.5 Å². The van der Waals surface area contributed by atoms with Crippen molar-refractivity contribution in [2.45, 2.75) is 0 Å². The molecule has 0 bridgehead atoms. The van der Waals surface area contributed by atoms with Crippen molar-refractivity contribution in [3.05, 3.63) is 0 Å². The number of thiocarbonyl (C=S) groups is 1. The van der Waals surface area contributed by atoms with Gasteiger partial charge in [0.15, 0.2) is 5.11 Å². The van der Waals surface area contributed by atoms with E-state index >= 15 is 0 Å². The van der Waals surface area contributed by atoms with E-state index in [2.05, 4.69) is 22.9 Å². The molecule has 1 heterocycles. The van der Waals surface area contributed by atoms with E-state index < -0.39 is 0 Å². The maximum Gasteiger partial charge on any atom is 0.245 e. The summed E-state index contributed by atoms with van der Waals surface area (Å²) in [6, 6.07) is 0. The second-order valence-electron chi connectivity index (χ2n) is 1.23. The molecule has 0 atom stereocenters. The Bertz CT molecular complexity index is 112. The summed E-state index contributed by atoms with van der Waals surface area (Å²) in [4.78, 5) is 10.2. The van der Waals surface area contributed by atoms with Gasteiger partial charge in [-0.25, -0.2) is 0 Å². The van der Waals surface area contributed by atoms with Gasteiger partial charge < -0.3 is 10.6 Å². The Morgan fingerprint density at radius 1 is 1.62 bits per heavy atom. The van der Waals surface area contributed by atoms with Crippen LogP contribution in [0.5, 0.6) is 0 Å². The van der Waals surface area contributed by atoms with Gasteiger partial charge in [-0.2, -0.15) is 0 Å². The predicted molar refractivity (Wildman–Crippen MR) is 34.5 cm³/mol. The Balaban J connectivity index is 0.000000490. The molecule has 0 aromatic rings. The van der Waals surface area contributed by atoms with Crippen LogP contribution in [0.15, 0.2) is 0 Å². The third kappa shape index (κ3) is 2.09. The third-order valence-corrected chi connectivity index (χ3v) is 0.909. The maximum atomic E-state index is 10.2. The summed E-state index contributed by atoms with van der Waals surface area (Å²) >= 11 is 4.55. The topological polar surface area (TPSA) is 41.1 Å². The molecule has 1 aliphatic rings. The molecule has 3 nitrogen and oxygen atoms in total. The van der Waals surface area contributed by atoms with Gasteiger partial charge in [-0.15, -0.1) is 0 Å². The summed E-state index contributed by atoms with van der Waals surface area (Å²) in [5, 5.41) is 5.47. The van der Waals surface area contributed by atoms with Crippen molar-refractivity contribution in [1.29, 1.82) is 0 Å². The zero-order chi connectivity index (χ0) is 5.28. The molecule has 1 saturated heterocycles. The van der Waals surface area contributed by atoms with Crippen molar-refractivity contribution in [3.63, 3.8) is 0 Å². The fourth-order valence-corrected chi connectivity index (χ4v) is 0.562. The summed E-state index contributed by atoms with van der Waals surface area (Å²) in [5.41, 5.74) is 0. The quantitative estimate of drug-likeness (QED) is 0.321. The molecule has 2 N–H and O–H groups in total. The van der Waals surface area contributed by atoms with Crippen molar-refractivity contribution < 1.29 is 4.79 Å². The molecule has 8 heavy (non-hydrogen) atoms. The summed E-state index contributed by atoms with van der Waals surface area (Å²) < 4.78 is 0. The third-order valence-electron chi connectivity index (χ3n) is 0.662. The molecular weight excluding hydrogens is 135 g/mol. The minimum atomic E-state index is -0.0509. The Hall–Kier alpha value is 0.360. The van der Waals surface area contributed by atoms with Crippen LogP contribution < -0.4 is 10.6 Å². The summed E-state index contributed by atoms with van der Waals surface area (Å²) in [7, 11) is 0. The largest absolute Gasteiger partial charge is 0.353 e. The smallest absolute Gasteiger partial charge is 0.245 e. The first-order valence-electron chi connectivity index (χ1n) is 1.87. The minimum absolute atomic E-state index is 0. The zero-order valence-corrected chi connectivity index (χ0v) is 7.34. The maximum absolute atomic E-state index is 10.2. The van der Waals surface area contributed by atoms with Gasteiger partial charge in [0.2, 0.25) is 5.91 Å². The van der Waals surface area contributed by atoms with E-state index in [1.807, 2.05) is 0 Å². The van der Waals surface area contributed by atoms with E-state index in [4.69, 9.17) is 0 Å². The normalized spacial score (nSPS) is 16.5. The Morgan fingerprint density at radius 2 is 2.25 bits per heavy atom. The van der Waals surface area contributed by atoms with Crippen LogP contribution in [-0.2, 0) is 4.79 Å². The SMILES string of the molecule is O=C1CNC(=S)N1.[Na]. The summed E-state index contributed by atoms with van der Waals surface area (Å²) in [6.45, 7) is 0.332. The van der Waals surface area contributed by atoms with Crippen LogP contribution in [0.4, 0.5) is 0 Å². The number of nitrogens with one attached hydrogen (secondary N) is 2. The van der Waals surface area contributed by atoms with Gasteiger partial charge in [0.25, 0.3) is 0 Å². The van der Waals surface area contributed by atoms with Crippen LogP contribution in [0, 0.1) is 0 Å². The molecular formula is C3H4N2NaOS. The van der Waals surface area contributed by atoms with E-state index in [9.17, 15) is 4.79 Å². The number of amides is 1. The first kappa shape index (κ1) is 8.36. The molecule has 39 valence electrons. The van der Waals surface area contributed by atoms with Crippen molar-refractivity contribution >= 4 is 52.8 Å². The van der Waals surface area contributed by atoms with Gasteiger partial charge in [-0.3, -0.25) is 4.79 Å². The number of rotatable bonds is 0. The van der Waals surface area contributed by atoms with Crippen LogP contribution in [0.2, 0.25) is 0 Å². The predicted octanol–water partition coefficient (Wildman–Crippen LogP) is -1.39. The summed E-state index contributed by atoms with van der Waals surface area (Å²) in [6.07, 6.45) is 0. The second kappa shape index (κ2) is 3.40. The van der Waals surface area contributed by atoms with Crippen LogP contribution in [-0.4, -0.2) is 47.1 Å². The van der Waals surface area contributed by atoms with Crippen LogP contribution >= 0.6 is 12.2 Å². The van der Waals surface area contributed by atoms with E-state index in [0.717, 1.165) is 0 Å². The van der Waals surface area contributed by atoms with Gasteiger partial charge in [0.05, 0.1) is 6.54 Å². The second-order valence-corrected chi connectivity index (χ2v) is 1.64. The van der Waals surface area contributed by atoms with Crippen molar-refractivity contribution in [1.82, 2.24) is 10.6 Å². The molecule has 0 aromatic heterocycles. The standard InChI is InChI=1S/C3H4N2OS.Na/c6-2-1-4-3(7)5-2;/h1H2,(H2,4,5,6,7);. The Morgan fingerprint density at radius 3 is 2.38 bits per heavy atom. The average molecular weight is 139 g/mol. The fourth-order valence-electron chi connectivity index (χ4n) is 0.376. The van der Waals surface area contributed by atoms with Gasteiger partial charge in [-0.1, -0.05) is 0 Å². The molecule has 1 radical (unpaired) electrons. The Labute approximate surface area is 74.5 Å². The molecule has 1 rings (SSSR count). The average Bonchev–Trinajstić information content (AvgIpc) is 1.87. The molecule has 1 amide bonds. The molecule has 1 fully saturated rings. The van der Waals surface area contributed by atoms with Gasteiger partial charge in [-0.05, 0) is 12.2 Å².